The van der Waals surface area contributed by atoms with E-state index in [4.69, 9.17) is 4.74 Å². The average molecular weight is 482 g/mol. The normalized spacial score (nSPS) is 13.9. The smallest absolute Gasteiger partial charge is 0.264 e. The summed E-state index contributed by atoms with van der Waals surface area (Å²) >= 11 is 1.84. The van der Waals surface area contributed by atoms with Crippen molar-refractivity contribution in [3.8, 4) is 5.75 Å². The van der Waals surface area contributed by atoms with Gasteiger partial charge in [0.25, 0.3) is 15.9 Å². The zero-order valence-electron chi connectivity index (χ0n) is 17.7. The fraction of sp³-hybridized carbons (Fsp3) is 0.167. The van der Waals surface area contributed by atoms with Crippen molar-refractivity contribution in [3.63, 3.8) is 0 Å². The SMILES string of the molecule is O=C(CN(c1ccccc1)S(=O)(=O)c1ccccc1)N/N=C\c1cccc(OC2CSC2)c1. The molecule has 0 radical (unpaired) electrons. The van der Waals surface area contributed by atoms with Gasteiger partial charge in [0.2, 0.25) is 0 Å². The van der Waals surface area contributed by atoms with Crippen LogP contribution in [0.2, 0.25) is 0 Å². The number of anilines is 1. The van der Waals surface area contributed by atoms with Gasteiger partial charge < -0.3 is 4.74 Å². The second-order valence-corrected chi connectivity index (χ2v) is 10.2. The van der Waals surface area contributed by atoms with Crippen molar-refractivity contribution in [2.75, 3.05) is 22.4 Å². The lowest BCUT2D eigenvalue weighted by atomic mass is 10.2. The summed E-state index contributed by atoms with van der Waals surface area (Å²) in [5.74, 6) is 2.16. The zero-order valence-corrected chi connectivity index (χ0v) is 19.3. The number of hydrogen-bond donors (Lipinski definition) is 1. The van der Waals surface area contributed by atoms with Crippen LogP contribution >= 0.6 is 11.8 Å². The topological polar surface area (TPSA) is 88.1 Å². The van der Waals surface area contributed by atoms with E-state index in [9.17, 15) is 13.2 Å². The van der Waals surface area contributed by atoms with Crippen molar-refractivity contribution >= 4 is 39.6 Å². The standard InChI is InChI=1S/C24H23N3O4S2/c28-24(26-25-15-19-8-7-11-21(14-19)31-22-17-32-18-22)16-27(20-9-3-1-4-10-20)33(29,30)23-12-5-2-6-13-23/h1-15,22H,16-18H2,(H,26,28)/b25-15-. The van der Waals surface area contributed by atoms with Crippen molar-refractivity contribution in [2.24, 2.45) is 5.10 Å². The Morgan fingerprint density at radius 3 is 2.39 bits per heavy atom. The lowest BCUT2D eigenvalue weighted by molar-refractivity contribution is -0.119. The number of nitrogens with zero attached hydrogens (tertiary/aromatic N) is 2. The summed E-state index contributed by atoms with van der Waals surface area (Å²) in [4.78, 5) is 12.7. The molecule has 1 fully saturated rings. The summed E-state index contributed by atoms with van der Waals surface area (Å²) in [5, 5.41) is 3.99. The van der Waals surface area contributed by atoms with Gasteiger partial charge in [0.05, 0.1) is 16.8 Å². The summed E-state index contributed by atoms with van der Waals surface area (Å²) in [6, 6.07) is 23.9. The molecular formula is C24H23N3O4S2. The molecule has 1 aliphatic heterocycles. The molecule has 0 unspecified atom stereocenters. The lowest BCUT2D eigenvalue weighted by Gasteiger charge is -2.25. The van der Waals surface area contributed by atoms with E-state index in [1.54, 1.807) is 48.5 Å². The van der Waals surface area contributed by atoms with Crippen molar-refractivity contribution in [2.45, 2.75) is 11.0 Å². The largest absolute Gasteiger partial charge is 0.489 e. The van der Waals surface area contributed by atoms with Crippen LogP contribution < -0.4 is 14.5 Å². The van der Waals surface area contributed by atoms with Crippen LogP contribution in [0.1, 0.15) is 5.56 Å². The molecule has 0 bridgehead atoms. The molecule has 1 aliphatic rings. The molecule has 3 aromatic carbocycles. The number of thioether (sulfide) groups is 1. The van der Waals surface area contributed by atoms with E-state index in [0.29, 0.717) is 5.69 Å². The Kier molecular flexibility index (Phi) is 7.31. The summed E-state index contributed by atoms with van der Waals surface area (Å²) in [6.07, 6.45) is 1.73. The molecule has 0 aliphatic carbocycles. The Bertz CT molecular complexity index is 1210. The van der Waals surface area contributed by atoms with E-state index >= 15 is 0 Å². The van der Waals surface area contributed by atoms with Crippen LogP contribution in [0.15, 0.2) is 94.9 Å². The second-order valence-electron chi connectivity index (χ2n) is 7.30. The van der Waals surface area contributed by atoms with Crippen LogP contribution in [0.3, 0.4) is 0 Å². The number of amides is 1. The van der Waals surface area contributed by atoms with Crippen LogP contribution in [0.25, 0.3) is 0 Å². The number of carbonyl (C=O) groups excluding carboxylic acids is 1. The first-order valence-corrected chi connectivity index (χ1v) is 12.9. The maximum absolute atomic E-state index is 13.2. The van der Waals surface area contributed by atoms with Gasteiger partial charge in [0.1, 0.15) is 18.4 Å². The van der Waals surface area contributed by atoms with E-state index in [1.807, 2.05) is 36.0 Å². The molecule has 1 amide bonds. The van der Waals surface area contributed by atoms with Gasteiger partial charge in [-0.2, -0.15) is 16.9 Å². The minimum absolute atomic E-state index is 0.104. The monoisotopic (exact) mass is 481 g/mol. The number of benzene rings is 3. The third kappa shape index (κ3) is 5.94. The number of para-hydroxylation sites is 1. The molecule has 1 N–H and O–H groups in total. The first-order chi connectivity index (χ1) is 16.0. The van der Waals surface area contributed by atoms with Crippen molar-refractivity contribution in [1.82, 2.24) is 5.43 Å². The van der Waals surface area contributed by atoms with Crippen molar-refractivity contribution in [1.29, 1.82) is 0 Å². The highest BCUT2D eigenvalue weighted by molar-refractivity contribution is 8.00. The third-order valence-electron chi connectivity index (χ3n) is 4.83. The number of carbonyl (C=O) groups is 1. The lowest BCUT2D eigenvalue weighted by Crippen LogP contribution is -2.39. The van der Waals surface area contributed by atoms with Gasteiger partial charge in [-0.1, -0.05) is 48.5 Å². The Balaban J connectivity index is 1.45. The highest BCUT2D eigenvalue weighted by Crippen LogP contribution is 2.24. The molecule has 9 heteroatoms. The van der Waals surface area contributed by atoms with Crippen LogP contribution in [-0.2, 0) is 14.8 Å². The van der Waals surface area contributed by atoms with Gasteiger partial charge in [-0.3, -0.25) is 9.10 Å². The minimum Gasteiger partial charge on any atom is -0.489 e. The van der Waals surface area contributed by atoms with E-state index in [0.717, 1.165) is 27.1 Å². The number of ether oxygens (including phenoxy) is 1. The highest BCUT2D eigenvalue weighted by atomic mass is 32.2. The summed E-state index contributed by atoms with van der Waals surface area (Å²) < 4.78 is 33.3. The van der Waals surface area contributed by atoms with Gasteiger partial charge in [0, 0.05) is 11.5 Å². The van der Waals surface area contributed by atoms with Gasteiger partial charge >= 0.3 is 0 Å². The quantitative estimate of drug-likeness (QED) is 0.373. The van der Waals surface area contributed by atoms with Crippen LogP contribution in [0.4, 0.5) is 5.69 Å². The maximum Gasteiger partial charge on any atom is 0.264 e. The van der Waals surface area contributed by atoms with Gasteiger partial charge in [0.15, 0.2) is 0 Å². The Hall–Kier alpha value is -3.30. The van der Waals surface area contributed by atoms with E-state index < -0.39 is 22.5 Å². The van der Waals surface area contributed by atoms with Crippen LogP contribution in [-0.4, -0.2) is 44.7 Å². The van der Waals surface area contributed by atoms with E-state index in [1.165, 1.54) is 18.3 Å². The van der Waals surface area contributed by atoms with E-state index in [-0.39, 0.29) is 11.0 Å². The van der Waals surface area contributed by atoms with Crippen molar-refractivity contribution < 1.29 is 17.9 Å². The second kappa shape index (κ2) is 10.5. The van der Waals surface area contributed by atoms with Gasteiger partial charge in [-0.15, -0.1) is 0 Å². The average Bonchev–Trinajstić information content (AvgIpc) is 2.81. The number of sulfonamides is 1. The molecule has 170 valence electrons. The molecule has 3 aromatic rings. The summed E-state index contributed by atoms with van der Waals surface area (Å²) in [6.45, 7) is -0.416. The van der Waals surface area contributed by atoms with Gasteiger partial charge in [-0.05, 0) is 42.0 Å². The third-order valence-corrected chi connectivity index (χ3v) is 7.84. The fourth-order valence-electron chi connectivity index (χ4n) is 3.12. The van der Waals surface area contributed by atoms with Crippen LogP contribution in [0, 0.1) is 0 Å². The molecular weight excluding hydrogens is 458 g/mol. The zero-order chi connectivity index (χ0) is 23.1. The summed E-state index contributed by atoms with van der Waals surface area (Å²) in [7, 11) is -3.94. The predicted octanol–water partition coefficient (Wildman–Crippen LogP) is 3.53. The number of nitrogens with one attached hydrogen (secondary N) is 1. The molecule has 7 nitrogen and oxygen atoms in total. The first-order valence-electron chi connectivity index (χ1n) is 10.3. The Labute approximate surface area is 197 Å². The highest BCUT2D eigenvalue weighted by Gasteiger charge is 2.26. The van der Waals surface area contributed by atoms with E-state index in [2.05, 4.69) is 10.5 Å². The molecule has 1 saturated heterocycles. The molecule has 1 heterocycles. The Morgan fingerprint density at radius 2 is 1.73 bits per heavy atom. The van der Waals surface area contributed by atoms with Crippen molar-refractivity contribution in [3.05, 3.63) is 90.5 Å². The molecule has 0 saturated carbocycles. The molecule has 0 atom stereocenters. The van der Waals surface area contributed by atoms with Crippen LogP contribution in [0.5, 0.6) is 5.75 Å². The predicted molar refractivity (Wildman–Crippen MR) is 131 cm³/mol. The molecule has 0 spiro atoms. The summed E-state index contributed by atoms with van der Waals surface area (Å²) in [5.41, 5.74) is 3.57. The number of rotatable bonds is 9. The molecule has 4 rings (SSSR count). The number of hydrazone groups is 1. The first kappa shape index (κ1) is 22.9. The van der Waals surface area contributed by atoms with Gasteiger partial charge in [-0.25, -0.2) is 13.8 Å². The number of hydrogen-bond acceptors (Lipinski definition) is 6. The minimum atomic E-state index is -3.94. The molecule has 33 heavy (non-hydrogen) atoms. The fourth-order valence-corrected chi connectivity index (χ4v) is 5.12. The molecule has 0 aromatic heterocycles. The maximum atomic E-state index is 13.2. The Morgan fingerprint density at radius 1 is 1.03 bits per heavy atom.